The van der Waals surface area contributed by atoms with Crippen LogP contribution in [0.3, 0.4) is 0 Å². The number of fused-ring (bicyclic) bond motifs is 1. The van der Waals surface area contributed by atoms with Gasteiger partial charge in [0.15, 0.2) is 0 Å². The number of anilines is 1. The van der Waals surface area contributed by atoms with Gasteiger partial charge in [0.05, 0.1) is 4.90 Å². The molecule has 1 aromatic heterocycles. The van der Waals surface area contributed by atoms with Gasteiger partial charge in [0.25, 0.3) is 5.91 Å². The lowest BCUT2D eigenvalue weighted by atomic mass is 10.1. The fourth-order valence-corrected chi connectivity index (χ4v) is 3.72. The molecule has 3 aromatic rings. The van der Waals surface area contributed by atoms with E-state index >= 15 is 0 Å². The van der Waals surface area contributed by atoms with E-state index in [1.54, 1.807) is 29.5 Å². The number of carbonyl (C=O) groups is 1. The van der Waals surface area contributed by atoms with Crippen LogP contribution in [0.25, 0.3) is 10.1 Å². The van der Waals surface area contributed by atoms with Crippen LogP contribution in [0.2, 0.25) is 0 Å². The van der Waals surface area contributed by atoms with Crippen LogP contribution < -0.4 is 10.0 Å². The Bertz CT molecular complexity index is 978. The summed E-state index contributed by atoms with van der Waals surface area (Å²) in [6, 6.07) is 13.6. The second kappa shape index (κ2) is 6.11. The molecule has 0 aliphatic carbocycles. The first-order valence-corrected chi connectivity index (χ1v) is 9.18. The van der Waals surface area contributed by atoms with E-state index in [0.717, 1.165) is 10.1 Å². The quantitative estimate of drug-likeness (QED) is 0.762. The Hall–Kier alpha value is -2.22. The number of carbonyl (C=O) groups excluding carboxylic acids is 1. The van der Waals surface area contributed by atoms with Crippen molar-refractivity contribution in [2.45, 2.75) is 4.90 Å². The standard InChI is InChI=1S/C16H14N2O3S2/c1-17-23(20,21)14-4-2-3-13(10-14)18-16(19)12-5-6-15-11(9-12)7-8-22-15/h2-10,17H,1H3,(H,18,19). The summed E-state index contributed by atoms with van der Waals surface area (Å²) in [6.07, 6.45) is 0. The van der Waals surface area contributed by atoms with Gasteiger partial charge in [0.2, 0.25) is 10.0 Å². The molecule has 0 radical (unpaired) electrons. The third-order valence-electron chi connectivity index (χ3n) is 3.39. The number of sulfonamides is 1. The molecule has 1 amide bonds. The van der Waals surface area contributed by atoms with E-state index in [0.29, 0.717) is 11.3 Å². The van der Waals surface area contributed by atoms with Gasteiger partial charge in [-0.25, -0.2) is 13.1 Å². The first-order chi connectivity index (χ1) is 11.0. The molecular formula is C16H14N2O3S2. The average Bonchev–Trinajstić information content (AvgIpc) is 3.02. The molecule has 0 spiro atoms. The first-order valence-electron chi connectivity index (χ1n) is 6.82. The largest absolute Gasteiger partial charge is 0.322 e. The molecule has 0 fully saturated rings. The highest BCUT2D eigenvalue weighted by atomic mass is 32.2. The van der Waals surface area contributed by atoms with Crippen molar-refractivity contribution in [1.29, 1.82) is 0 Å². The van der Waals surface area contributed by atoms with E-state index in [4.69, 9.17) is 0 Å². The third kappa shape index (κ3) is 3.26. The molecule has 118 valence electrons. The maximum atomic E-state index is 12.3. The first kappa shape index (κ1) is 15.7. The van der Waals surface area contributed by atoms with Gasteiger partial charge in [-0.2, -0.15) is 0 Å². The van der Waals surface area contributed by atoms with Gasteiger partial charge in [-0.1, -0.05) is 6.07 Å². The van der Waals surface area contributed by atoms with Crippen LogP contribution in [0.1, 0.15) is 10.4 Å². The molecule has 2 aromatic carbocycles. The Morgan fingerprint density at radius 3 is 2.70 bits per heavy atom. The van der Waals surface area contributed by atoms with Gasteiger partial charge < -0.3 is 5.32 Å². The average molecular weight is 346 g/mol. The predicted octanol–water partition coefficient (Wildman–Crippen LogP) is 3.06. The monoisotopic (exact) mass is 346 g/mol. The highest BCUT2D eigenvalue weighted by molar-refractivity contribution is 7.89. The number of rotatable bonds is 4. The molecule has 7 heteroatoms. The van der Waals surface area contributed by atoms with E-state index < -0.39 is 10.0 Å². The summed E-state index contributed by atoms with van der Waals surface area (Å²) >= 11 is 1.61. The van der Waals surface area contributed by atoms with Crippen molar-refractivity contribution in [3.8, 4) is 0 Å². The molecule has 0 atom stereocenters. The Labute approximate surface area is 138 Å². The summed E-state index contributed by atoms with van der Waals surface area (Å²) in [4.78, 5) is 12.4. The number of hydrogen-bond donors (Lipinski definition) is 2. The van der Waals surface area contributed by atoms with Gasteiger partial charge in [0.1, 0.15) is 0 Å². The third-order valence-corrected chi connectivity index (χ3v) is 5.70. The minimum atomic E-state index is -3.54. The van der Waals surface area contributed by atoms with E-state index in [1.165, 1.54) is 19.2 Å². The highest BCUT2D eigenvalue weighted by Gasteiger charge is 2.13. The van der Waals surface area contributed by atoms with Crippen molar-refractivity contribution in [2.75, 3.05) is 12.4 Å². The second-order valence-corrected chi connectivity index (χ2v) is 7.70. The lowest BCUT2D eigenvalue weighted by molar-refractivity contribution is 0.102. The normalized spacial score (nSPS) is 11.5. The summed E-state index contributed by atoms with van der Waals surface area (Å²) in [7, 11) is -2.20. The van der Waals surface area contributed by atoms with Crippen molar-refractivity contribution in [3.63, 3.8) is 0 Å². The second-order valence-electron chi connectivity index (χ2n) is 4.86. The van der Waals surface area contributed by atoms with Crippen LogP contribution in [0.15, 0.2) is 58.8 Å². The van der Waals surface area contributed by atoms with Crippen LogP contribution in [0.5, 0.6) is 0 Å². The number of amides is 1. The van der Waals surface area contributed by atoms with Gasteiger partial charge in [0, 0.05) is 16.0 Å². The van der Waals surface area contributed by atoms with Crippen LogP contribution in [-0.2, 0) is 10.0 Å². The molecule has 2 N–H and O–H groups in total. The lowest BCUT2D eigenvalue weighted by Crippen LogP contribution is -2.19. The summed E-state index contributed by atoms with van der Waals surface area (Å²) in [5, 5.41) is 5.70. The number of thiophene rings is 1. The molecule has 0 saturated heterocycles. The fourth-order valence-electron chi connectivity index (χ4n) is 2.17. The van der Waals surface area contributed by atoms with Crippen molar-refractivity contribution < 1.29 is 13.2 Å². The molecule has 0 aliphatic rings. The van der Waals surface area contributed by atoms with Gasteiger partial charge >= 0.3 is 0 Å². The Kier molecular flexibility index (Phi) is 4.16. The van der Waals surface area contributed by atoms with Crippen LogP contribution in [0, 0.1) is 0 Å². The van der Waals surface area contributed by atoms with Crippen LogP contribution in [0.4, 0.5) is 5.69 Å². The minimum Gasteiger partial charge on any atom is -0.322 e. The van der Waals surface area contributed by atoms with Crippen molar-refractivity contribution in [2.24, 2.45) is 0 Å². The van der Waals surface area contributed by atoms with E-state index in [9.17, 15) is 13.2 Å². The fraction of sp³-hybridized carbons (Fsp3) is 0.0625. The van der Waals surface area contributed by atoms with E-state index in [1.807, 2.05) is 23.6 Å². The SMILES string of the molecule is CNS(=O)(=O)c1cccc(NC(=O)c2ccc3sccc3c2)c1. The molecule has 1 heterocycles. The number of benzene rings is 2. The highest BCUT2D eigenvalue weighted by Crippen LogP contribution is 2.22. The zero-order valence-electron chi connectivity index (χ0n) is 12.2. The predicted molar refractivity (Wildman–Crippen MR) is 92.5 cm³/mol. The minimum absolute atomic E-state index is 0.103. The van der Waals surface area contributed by atoms with E-state index in [2.05, 4.69) is 10.0 Å². The Morgan fingerprint density at radius 2 is 1.91 bits per heavy atom. The zero-order valence-corrected chi connectivity index (χ0v) is 13.9. The van der Waals surface area contributed by atoms with Gasteiger partial charge in [-0.05, 0) is 60.3 Å². The molecule has 0 aliphatic heterocycles. The van der Waals surface area contributed by atoms with Crippen molar-refractivity contribution in [3.05, 3.63) is 59.5 Å². The molecule has 23 heavy (non-hydrogen) atoms. The van der Waals surface area contributed by atoms with Gasteiger partial charge in [-0.3, -0.25) is 4.79 Å². The van der Waals surface area contributed by atoms with Crippen molar-refractivity contribution in [1.82, 2.24) is 4.72 Å². The summed E-state index contributed by atoms with van der Waals surface area (Å²) < 4.78 is 27.0. The maximum absolute atomic E-state index is 12.3. The summed E-state index contributed by atoms with van der Waals surface area (Å²) in [6.45, 7) is 0. The zero-order chi connectivity index (χ0) is 16.4. The number of hydrogen-bond acceptors (Lipinski definition) is 4. The topological polar surface area (TPSA) is 75.3 Å². The Balaban J connectivity index is 1.86. The van der Waals surface area contributed by atoms with Gasteiger partial charge in [-0.15, -0.1) is 11.3 Å². The Morgan fingerprint density at radius 1 is 1.09 bits per heavy atom. The molecule has 0 bridgehead atoms. The molecule has 3 rings (SSSR count). The number of nitrogens with one attached hydrogen (secondary N) is 2. The molecule has 0 unspecified atom stereocenters. The molecular weight excluding hydrogens is 332 g/mol. The summed E-state index contributed by atoms with van der Waals surface area (Å²) in [5.41, 5.74) is 0.953. The van der Waals surface area contributed by atoms with Crippen molar-refractivity contribution >= 4 is 43.0 Å². The lowest BCUT2D eigenvalue weighted by Gasteiger charge is -2.08. The maximum Gasteiger partial charge on any atom is 0.255 e. The summed E-state index contributed by atoms with van der Waals surface area (Å²) in [5.74, 6) is -0.280. The smallest absolute Gasteiger partial charge is 0.255 e. The molecule has 5 nitrogen and oxygen atoms in total. The van der Waals surface area contributed by atoms with Crippen LogP contribution >= 0.6 is 11.3 Å². The van der Waals surface area contributed by atoms with Crippen LogP contribution in [-0.4, -0.2) is 21.4 Å². The van der Waals surface area contributed by atoms with E-state index in [-0.39, 0.29) is 10.8 Å². The molecule has 0 saturated carbocycles.